The molecule has 0 aromatic rings. The van der Waals surface area contributed by atoms with E-state index in [9.17, 15) is 0 Å². The summed E-state index contributed by atoms with van der Waals surface area (Å²) in [5.41, 5.74) is 0.240. The zero-order valence-corrected chi connectivity index (χ0v) is 12.3. The van der Waals surface area contributed by atoms with Crippen molar-refractivity contribution in [3.05, 3.63) is 0 Å². The molecule has 1 aliphatic rings. The van der Waals surface area contributed by atoms with Crippen molar-refractivity contribution in [1.82, 2.24) is 10.2 Å². The average Bonchev–Trinajstić information content (AvgIpc) is 2.70. The van der Waals surface area contributed by atoms with Gasteiger partial charge in [0.25, 0.3) is 0 Å². The summed E-state index contributed by atoms with van der Waals surface area (Å²) in [6.07, 6.45) is 1.32. The van der Waals surface area contributed by atoms with Gasteiger partial charge in [-0.3, -0.25) is 4.90 Å². The second-order valence-corrected chi connectivity index (χ2v) is 6.29. The number of nitrogens with one attached hydrogen (secondary N) is 1. The van der Waals surface area contributed by atoms with Crippen molar-refractivity contribution in [3.8, 4) is 0 Å². The van der Waals surface area contributed by atoms with E-state index in [1.807, 2.05) is 0 Å². The Bertz CT molecular complexity index is 213. The van der Waals surface area contributed by atoms with Crippen LogP contribution in [-0.4, -0.2) is 49.3 Å². The molecule has 1 aliphatic heterocycles. The molecule has 0 aromatic carbocycles. The summed E-state index contributed by atoms with van der Waals surface area (Å²) >= 11 is 0. The highest BCUT2D eigenvalue weighted by Gasteiger charge is 2.26. The van der Waals surface area contributed by atoms with Crippen LogP contribution in [0.2, 0.25) is 0 Å². The molecular weight excluding hydrogens is 212 g/mol. The molecule has 102 valence electrons. The SMILES string of the molecule is CCOCC(C)N1CCC(CNC(C)(C)C)C1. The Balaban J connectivity index is 2.22. The third-order valence-corrected chi connectivity index (χ3v) is 3.42. The number of rotatable bonds is 6. The molecule has 1 fully saturated rings. The van der Waals surface area contributed by atoms with Crippen molar-refractivity contribution in [1.29, 1.82) is 0 Å². The van der Waals surface area contributed by atoms with Gasteiger partial charge in [-0.05, 0) is 60.0 Å². The second kappa shape index (κ2) is 6.72. The van der Waals surface area contributed by atoms with Gasteiger partial charge in [-0.1, -0.05) is 0 Å². The quantitative estimate of drug-likeness (QED) is 0.772. The summed E-state index contributed by atoms with van der Waals surface area (Å²) in [6, 6.07) is 0.564. The Hall–Kier alpha value is -0.120. The first kappa shape index (κ1) is 14.9. The highest BCUT2D eigenvalue weighted by atomic mass is 16.5. The monoisotopic (exact) mass is 242 g/mol. The predicted octanol–water partition coefficient (Wildman–Crippen LogP) is 2.12. The summed E-state index contributed by atoms with van der Waals surface area (Å²) in [5, 5.41) is 3.61. The van der Waals surface area contributed by atoms with Crippen LogP contribution in [0, 0.1) is 5.92 Å². The maximum Gasteiger partial charge on any atom is 0.0618 e. The molecule has 17 heavy (non-hydrogen) atoms. The fourth-order valence-corrected chi connectivity index (χ4v) is 2.27. The lowest BCUT2D eigenvalue weighted by molar-refractivity contribution is 0.0826. The van der Waals surface area contributed by atoms with Crippen LogP contribution in [0.1, 0.15) is 41.0 Å². The smallest absolute Gasteiger partial charge is 0.0618 e. The molecular formula is C14H30N2O. The van der Waals surface area contributed by atoms with E-state index in [1.165, 1.54) is 19.5 Å². The lowest BCUT2D eigenvalue weighted by atomic mass is 10.1. The van der Waals surface area contributed by atoms with E-state index >= 15 is 0 Å². The molecule has 0 radical (unpaired) electrons. The van der Waals surface area contributed by atoms with Gasteiger partial charge >= 0.3 is 0 Å². The maximum atomic E-state index is 5.50. The zero-order chi connectivity index (χ0) is 12.9. The van der Waals surface area contributed by atoms with E-state index in [-0.39, 0.29) is 5.54 Å². The molecule has 3 heteroatoms. The largest absolute Gasteiger partial charge is 0.380 e. The Morgan fingerprint density at radius 3 is 2.71 bits per heavy atom. The molecule has 1 rings (SSSR count). The van der Waals surface area contributed by atoms with Gasteiger partial charge in [-0.2, -0.15) is 0 Å². The molecule has 0 bridgehead atoms. The molecule has 1 N–H and O–H groups in total. The summed E-state index contributed by atoms with van der Waals surface area (Å²) in [7, 11) is 0. The third kappa shape index (κ3) is 5.84. The minimum absolute atomic E-state index is 0.240. The van der Waals surface area contributed by atoms with Gasteiger partial charge in [-0.15, -0.1) is 0 Å². The Kier molecular flexibility index (Phi) is 5.90. The molecule has 0 aliphatic carbocycles. The lowest BCUT2D eigenvalue weighted by Gasteiger charge is -2.25. The van der Waals surface area contributed by atoms with E-state index in [1.54, 1.807) is 0 Å². The fraction of sp³-hybridized carbons (Fsp3) is 1.00. The van der Waals surface area contributed by atoms with E-state index in [0.717, 1.165) is 25.7 Å². The summed E-state index contributed by atoms with van der Waals surface area (Å²) < 4.78 is 5.50. The van der Waals surface area contributed by atoms with Crippen LogP contribution in [0.3, 0.4) is 0 Å². The molecule has 0 aromatic heterocycles. The Labute approximate surface area is 107 Å². The molecule has 2 unspecified atom stereocenters. The van der Waals surface area contributed by atoms with Crippen molar-refractivity contribution >= 4 is 0 Å². The van der Waals surface area contributed by atoms with E-state index < -0.39 is 0 Å². The fourth-order valence-electron chi connectivity index (χ4n) is 2.27. The van der Waals surface area contributed by atoms with E-state index in [0.29, 0.717) is 6.04 Å². The van der Waals surface area contributed by atoms with Gasteiger partial charge in [0.05, 0.1) is 6.61 Å². The predicted molar refractivity (Wildman–Crippen MR) is 73.4 cm³/mol. The van der Waals surface area contributed by atoms with Crippen molar-refractivity contribution in [3.63, 3.8) is 0 Å². The number of nitrogens with zero attached hydrogens (tertiary/aromatic N) is 1. The Morgan fingerprint density at radius 1 is 1.41 bits per heavy atom. The molecule has 2 atom stereocenters. The van der Waals surface area contributed by atoms with Crippen molar-refractivity contribution in [2.45, 2.75) is 52.6 Å². The van der Waals surface area contributed by atoms with E-state index in [2.05, 4.69) is 44.8 Å². The highest BCUT2D eigenvalue weighted by molar-refractivity contribution is 4.82. The van der Waals surface area contributed by atoms with Gasteiger partial charge in [0, 0.05) is 24.7 Å². The summed E-state index contributed by atoms with van der Waals surface area (Å²) in [5.74, 6) is 0.804. The van der Waals surface area contributed by atoms with Crippen molar-refractivity contribution in [2.75, 3.05) is 32.8 Å². The highest BCUT2D eigenvalue weighted by Crippen LogP contribution is 2.18. The first-order chi connectivity index (χ1) is 7.92. The van der Waals surface area contributed by atoms with E-state index in [4.69, 9.17) is 4.74 Å². The molecule has 1 heterocycles. The van der Waals surface area contributed by atoms with Crippen LogP contribution < -0.4 is 5.32 Å². The normalized spacial score (nSPS) is 24.2. The average molecular weight is 242 g/mol. The topological polar surface area (TPSA) is 24.5 Å². The van der Waals surface area contributed by atoms with Gasteiger partial charge in [-0.25, -0.2) is 0 Å². The number of ether oxygens (including phenoxy) is 1. The van der Waals surface area contributed by atoms with Crippen molar-refractivity contribution < 1.29 is 4.74 Å². The standard InChI is InChI=1S/C14H30N2O/c1-6-17-11-12(2)16-8-7-13(10-16)9-15-14(3,4)5/h12-13,15H,6-11H2,1-5H3. The second-order valence-electron chi connectivity index (χ2n) is 6.29. The summed E-state index contributed by atoms with van der Waals surface area (Å²) in [4.78, 5) is 2.56. The maximum absolute atomic E-state index is 5.50. The van der Waals surface area contributed by atoms with Crippen LogP contribution in [-0.2, 0) is 4.74 Å². The van der Waals surface area contributed by atoms with Gasteiger partial charge in [0.15, 0.2) is 0 Å². The van der Waals surface area contributed by atoms with Crippen molar-refractivity contribution in [2.24, 2.45) is 5.92 Å². The first-order valence-corrected chi connectivity index (χ1v) is 6.99. The minimum Gasteiger partial charge on any atom is -0.380 e. The lowest BCUT2D eigenvalue weighted by Crippen LogP contribution is -2.40. The minimum atomic E-state index is 0.240. The number of hydrogen-bond acceptors (Lipinski definition) is 3. The van der Waals surface area contributed by atoms with Crippen LogP contribution in [0.5, 0.6) is 0 Å². The summed E-state index contributed by atoms with van der Waals surface area (Å²) in [6.45, 7) is 16.3. The Morgan fingerprint density at radius 2 is 2.12 bits per heavy atom. The van der Waals surface area contributed by atoms with Gasteiger partial charge < -0.3 is 10.1 Å². The van der Waals surface area contributed by atoms with Crippen LogP contribution >= 0.6 is 0 Å². The molecule has 0 amide bonds. The molecule has 0 spiro atoms. The molecule has 3 nitrogen and oxygen atoms in total. The van der Waals surface area contributed by atoms with Crippen LogP contribution in [0.4, 0.5) is 0 Å². The van der Waals surface area contributed by atoms with Gasteiger partial charge in [0.2, 0.25) is 0 Å². The van der Waals surface area contributed by atoms with Gasteiger partial charge in [0.1, 0.15) is 0 Å². The molecule has 0 saturated carbocycles. The van der Waals surface area contributed by atoms with Crippen LogP contribution in [0.15, 0.2) is 0 Å². The molecule has 1 saturated heterocycles. The third-order valence-electron chi connectivity index (χ3n) is 3.42. The first-order valence-electron chi connectivity index (χ1n) is 6.99. The van der Waals surface area contributed by atoms with Crippen LogP contribution in [0.25, 0.3) is 0 Å². The zero-order valence-electron chi connectivity index (χ0n) is 12.3. The number of likely N-dealkylation sites (tertiary alicyclic amines) is 1. The number of hydrogen-bond donors (Lipinski definition) is 1.